The normalized spacial score (nSPS) is 16.2. The lowest BCUT2D eigenvalue weighted by atomic mass is 9.93. The van der Waals surface area contributed by atoms with Crippen molar-refractivity contribution in [3.8, 4) is 0 Å². The van der Waals surface area contributed by atoms with E-state index in [-0.39, 0.29) is 18.1 Å². The maximum atomic E-state index is 13.1. The molecule has 1 atom stereocenters. The molecule has 5 heteroatoms. The molecule has 1 aliphatic rings. The fourth-order valence-electron chi connectivity index (χ4n) is 3.50. The van der Waals surface area contributed by atoms with E-state index in [0.717, 1.165) is 24.2 Å². The molecule has 0 spiro atoms. The first-order chi connectivity index (χ1) is 12.1. The number of nitrogens with zero attached hydrogens (tertiary/aromatic N) is 2. The van der Waals surface area contributed by atoms with E-state index in [0.29, 0.717) is 5.02 Å². The second kappa shape index (κ2) is 8.34. The number of halogens is 1. The molecule has 1 aliphatic carbocycles. The zero-order chi connectivity index (χ0) is 17.6. The highest BCUT2D eigenvalue weighted by Gasteiger charge is 2.30. The topological polar surface area (TPSA) is 45.2 Å². The Balaban J connectivity index is 1.82. The lowest BCUT2D eigenvalue weighted by molar-refractivity contribution is 0.138. The number of benzene rings is 1. The van der Waals surface area contributed by atoms with Gasteiger partial charge in [0.1, 0.15) is 0 Å². The average molecular weight is 358 g/mol. The lowest BCUT2D eigenvalue weighted by Gasteiger charge is -2.38. The molecule has 4 nitrogen and oxygen atoms in total. The van der Waals surface area contributed by atoms with Gasteiger partial charge >= 0.3 is 6.03 Å². The smallest absolute Gasteiger partial charge is 0.313 e. The highest BCUT2D eigenvalue weighted by atomic mass is 35.5. The fraction of sp³-hybridized carbons (Fsp3) is 0.400. The molecule has 2 aromatic rings. The first-order valence-corrected chi connectivity index (χ1v) is 9.29. The Morgan fingerprint density at radius 2 is 1.88 bits per heavy atom. The molecule has 1 aromatic heterocycles. The number of pyridine rings is 1. The van der Waals surface area contributed by atoms with Gasteiger partial charge in [-0.25, -0.2) is 4.79 Å². The Bertz CT molecular complexity index is 684. The summed E-state index contributed by atoms with van der Waals surface area (Å²) in [6, 6.07) is 13.2. The van der Waals surface area contributed by atoms with Crippen molar-refractivity contribution in [2.45, 2.75) is 51.1 Å². The van der Waals surface area contributed by atoms with Gasteiger partial charge in [0.25, 0.3) is 0 Å². The molecule has 3 rings (SSSR count). The summed E-state index contributed by atoms with van der Waals surface area (Å²) in [5.41, 5.74) is 1.67. The van der Waals surface area contributed by atoms with Crippen LogP contribution in [0.25, 0.3) is 0 Å². The van der Waals surface area contributed by atoms with Crippen molar-refractivity contribution in [3.63, 3.8) is 0 Å². The molecule has 2 amide bonds. The van der Waals surface area contributed by atoms with Crippen LogP contribution < -0.4 is 5.32 Å². The first-order valence-electron chi connectivity index (χ1n) is 8.91. The second-order valence-electron chi connectivity index (χ2n) is 6.57. The van der Waals surface area contributed by atoms with Crippen LogP contribution >= 0.6 is 11.6 Å². The molecular weight excluding hydrogens is 334 g/mol. The fourth-order valence-corrected chi connectivity index (χ4v) is 3.63. The van der Waals surface area contributed by atoms with E-state index in [4.69, 9.17) is 11.6 Å². The van der Waals surface area contributed by atoms with Crippen LogP contribution in [0, 0.1) is 0 Å². The molecule has 132 valence electrons. The van der Waals surface area contributed by atoms with E-state index < -0.39 is 0 Å². The number of anilines is 1. The summed E-state index contributed by atoms with van der Waals surface area (Å²) >= 11 is 5.93. The van der Waals surface area contributed by atoms with Crippen molar-refractivity contribution in [1.82, 2.24) is 9.88 Å². The first kappa shape index (κ1) is 17.7. The molecule has 1 N–H and O–H groups in total. The number of amides is 2. The molecule has 25 heavy (non-hydrogen) atoms. The number of aromatic nitrogens is 1. The quantitative estimate of drug-likeness (QED) is 0.766. The number of nitrogens with one attached hydrogen (secondary N) is 1. The van der Waals surface area contributed by atoms with Gasteiger partial charge in [0.05, 0.1) is 11.7 Å². The summed E-state index contributed by atoms with van der Waals surface area (Å²) in [5, 5.41) is 3.67. The number of carbonyl (C=O) groups excluding carboxylic acids is 1. The summed E-state index contributed by atoms with van der Waals surface area (Å²) in [5.74, 6) is 0. The largest absolute Gasteiger partial charge is 0.322 e. The Morgan fingerprint density at radius 3 is 2.52 bits per heavy atom. The van der Waals surface area contributed by atoms with Crippen molar-refractivity contribution < 1.29 is 4.79 Å². The molecule has 0 bridgehead atoms. The van der Waals surface area contributed by atoms with Gasteiger partial charge in [-0.1, -0.05) is 36.9 Å². The number of hydrogen-bond acceptors (Lipinski definition) is 2. The van der Waals surface area contributed by atoms with Gasteiger partial charge < -0.3 is 10.2 Å². The third kappa shape index (κ3) is 4.51. The second-order valence-corrected chi connectivity index (χ2v) is 7.00. The van der Waals surface area contributed by atoms with Crippen LogP contribution in [-0.4, -0.2) is 22.0 Å². The molecule has 0 saturated heterocycles. The van der Waals surface area contributed by atoms with Gasteiger partial charge in [-0.2, -0.15) is 0 Å². The van der Waals surface area contributed by atoms with Gasteiger partial charge in [0, 0.05) is 22.9 Å². The highest BCUT2D eigenvalue weighted by Crippen LogP contribution is 2.30. The summed E-state index contributed by atoms with van der Waals surface area (Å²) < 4.78 is 0. The van der Waals surface area contributed by atoms with E-state index in [1.807, 2.05) is 35.2 Å². The monoisotopic (exact) mass is 357 g/mol. The van der Waals surface area contributed by atoms with E-state index in [1.165, 1.54) is 19.3 Å². The Morgan fingerprint density at radius 1 is 1.16 bits per heavy atom. The number of carbonyl (C=O) groups is 1. The summed E-state index contributed by atoms with van der Waals surface area (Å²) in [4.78, 5) is 19.5. The minimum absolute atomic E-state index is 0.0726. The number of urea groups is 1. The van der Waals surface area contributed by atoms with Crippen LogP contribution in [0.4, 0.5) is 10.5 Å². The zero-order valence-electron chi connectivity index (χ0n) is 14.5. The highest BCUT2D eigenvalue weighted by molar-refractivity contribution is 6.30. The van der Waals surface area contributed by atoms with Gasteiger partial charge in [0.15, 0.2) is 0 Å². The van der Waals surface area contributed by atoms with Gasteiger partial charge in [0.2, 0.25) is 0 Å². The molecule has 0 aliphatic heterocycles. The molecule has 1 unspecified atom stereocenters. The van der Waals surface area contributed by atoms with E-state index in [9.17, 15) is 4.79 Å². The third-order valence-corrected chi connectivity index (χ3v) is 5.08. The Hall–Kier alpha value is -2.07. The maximum absolute atomic E-state index is 13.1. The van der Waals surface area contributed by atoms with Crippen LogP contribution in [0.3, 0.4) is 0 Å². The Labute approximate surface area is 154 Å². The van der Waals surface area contributed by atoms with E-state index >= 15 is 0 Å². The van der Waals surface area contributed by atoms with Crippen LogP contribution in [0.2, 0.25) is 5.02 Å². The van der Waals surface area contributed by atoms with Crippen molar-refractivity contribution in [3.05, 3.63) is 59.4 Å². The average Bonchev–Trinajstić information content (AvgIpc) is 2.65. The van der Waals surface area contributed by atoms with Crippen molar-refractivity contribution in [2.75, 3.05) is 5.32 Å². The molecule has 1 saturated carbocycles. The lowest BCUT2D eigenvalue weighted by Crippen LogP contribution is -2.45. The van der Waals surface area contributed by atoms with Crippen LogP contribution in [0.15, 0.2) is 48.7 Å². The zero-order valence-corrected chi connectivity index (χ0v) is 15.2. The molecule has 1 aromatic carbocycles. The summed E-state index contributed by atoms with van der Waals surface area (Å²) in [7, 11) is 0. The van der Waals surface area contributed by atoms with Gasteiger partial charge in [-0.3, -0.25) is 4.98 Å². The summed E-state index contributed by atoms with van der Waals surface area (Å²) in [6.07, 6.45) is 7.47. The van der Waals surface area contributed by atoms with E-state index in [2.05, 4.69) is 17.2 Å². The molecular formula is C20H24ClN3O. The van der Waals surface area contributed by atoms with Crippen LogP contribution in [0.1, 0.15) is 50.8 Å². The van der Waals surface area contributed by atoms with Crippen molar-refractivity contribution in [1.29, 1.82) is 0 Å². The molecule has 1 fully saturated rings. The molecule has 0 radical (unpaired) electrons. The van der Waals surface area contributed by atoms with E-state index in [1.54, 1.807) is 18.3 Å². The van der Waals surface area contributed by atoms with Gasteiger partial charge in [-0.05, 0) is 56.2 Å². The minimum Gasteiger partial charge on any atom is -0.313 e. The van der Waals surface area contributed by atoms with Crippen molar-refractivity contribution >= 4 is 23.3 Å². The predicted octanol–water partition coefficient (Wildman–Crippen LogP) is 5.66. The number of hydrogen-bond donors (Lipinski definition) is 1. The predicted molar refractivity (Wildman–Crippen MR) is 102 cm³/mol. The standard InChI is InChI=1S/C20H24ClN3O/c1-15(19-9-5-6-14-22-19)24(18-7-3-2-4-8-18)20(25)23-17-12-10-16(21)11-13-17/h5-6,9-15,18H,2-4,7-8H2,1H3,(H,23,25). The third-order valence-electron chi connectivity index (χ3n) is 4.83. The summed E-state index contributed by atoms with van der Waals surface area (Å²) in [6.45, 7) is 2.05. The number of rotatable bonds is 4. The Kier molecular flexibility index (Phi) is 5.92. The van der Waals surface area contributed by atoms with Crippen LogP contribution in [-0.2, 0) is 0 Å². The minimum atomic E-state index is -0.0765. The maximum Gasteiger partial charge on any atom is 0.322 e. The SMILES string of the molecule is CC(c1ccccn1)N(C(=O)Nc1ccc(Cl)cc1)C1CCCCC1. The van der Waals surface area contributed by atoms with Crippen LogP contribution in [0.5, 0.6) is 0 Å². The van der Waals surface area contributed by atoms with Gasteiger partial charge in [-0.15, -0.1) is 0 Å². The van der Waals surface area contributed by atoms with Crippen molar-refractivity contribution in [2.24, 2.45) is 0 Å². The molecule has 1 heterocycles.